The number of benzene rings is 1. The van der Waals surface area contributed by atoms with E-state index < -0.39 is 0 Å². The second-order valence-corrected chi connectivity index (χ2v) is 12.1. The lowest BCUT2D eigenvalue weighted by Gasteiger charge is -2.22. The molecule has 0 fully saturated rings. The number of carbonyl (C=O) groups is 1. The number of thiophene rings is 1. The predicted octanol–water partition coefficient (Wildman–Crippen LogP) is 5.78. The van der Waals surface area contributed by atoms with Gasteiger partial charge in [-0.1, -0.05) is 30.3 Å². The molecule has 5 aromatic rings. The van der Waals surface area contributed by atoms with Crippen molar-refractivity contribution < 1.29 is 4.79 Å². The van der Waals surface area contributed by atoms with E-state index in [2.05, 4.69) is 54.6 Å². The van der Waals surface area contributed by atoms with Gasteiger partial charge in [0.1, 0.15) is 5.69 Å². The first-order valence-corrected chi connectivity index (χ1v) is 14.3. The van der Waals surface area contributed by atoms with Crippen molar-refractivity contribution in [2.24, 2.45) is 0 Å². The van der Waals surface area contributed by atoms with E-state index in [1.54, 1.807) is 0 Å². The summed E-state index contributed by atoms with van der Waals surface area (Å²) >= 11 is 7.80. The van der Waals surface area contributed by atoms with Gasteiger partial charge in [0.05, 0.1) is 33.3 Å². The molecule has 1 aromatic carbocycles. The third-order valence-corrected chi connectivity index (χ3v) is 8.28. The van der Waals surface area contributed by atoms with Crippen LogP contribution in [0.4, 0.5) is 11.5 Å². The Balaban J connectivity index is 1.41. The van der Waals surface area contributed by atoms with E-state index in [-0.39, 0.29) is 22.8 Å². The topological polar surface area (TPSA) is 114 Å². The monoisotopic (exact) mass is 574 g/mol. The zero-order valence-corrected chi connectivity index (χ0v) is 24.3. The number of halogens is 1. The molecule has 0 unspecified atom stereocenters. The minimum absolute atomic E-state index is 0.156. The number of amides is 1. The number of rotatable bonds is 8. The molecule has 5 N–H and O–H groups in total. The first kappa shape index (κ1) is 26.5. The Labute approximate surface area is 241 Å². The van der Waals surface area contributed by atoms with Gasteiger partial charge in [0.2, 0.25) is 5.28 Å². The number of nitrogens with one attached hydrogen (secondary N) is 5. The second kappa shape index (κ2) is 10.4. The number of fused-ring (bicyclic) bond motifs is 2. The Kier molecular flexibility index (Phi) is 6.87. The lowest BCUT2D eigenvalue weighted by molar-refractivity contribution is 0.0925. The smallest absolute Gasteiger partial charge is 0.268 e. The molecule has 0 bridgehead atoms. The second-order valence-electron chi connectivity index (χ2n) is 10.8. The minimum Gasteiger partial charge on any atom is -0.359 e. The first-order chi connectivity index (χ1) is 19.2. The van der Waals surface area contributed by atoms with Gasteiger partial charge in [-0.3, -0.25) is 4.79 Å². The van der Waals surface area contributed by atoms with E-state index in [9.17, 15) is 4.79 Å². The molecular weight excluding hydrogens is 544 g/mol. The molecule has 6 rings (SSSR count). The lowest BCUT2D eigenvalue weighted by Crippen LogP contribution is -2.35. The molecule has 0 aliphatic carbocycles. The summed E-state index contributed by atoms with van der Waals surface area (Å²) in [5.74, 6) is 0.389. The molecule has 1 atom stereocenters. The highest BCUT2D eigenvalue weighted by Crippen LogP contribution is 2.42. The maximum Gasteiger partial charge on any atom is 0.268 e. The molecular formula is C29H31ClN8OS. The molecule has 0 saturated carbocycles. The Hall–Kier alpha value is -3.70. The van der Waals surface area contributed by atoms with Crippen molar-refractivity contribution in [2.75, 3.05) is 26.0 Å². The molecule has 40 heavy (non-hydrogen) atoms. The van der Waals surface area contributed by atoms with Crippen LogP contribution in [0.2, 0.25) is 5.28 Å². The van der Waals surface area contributed by atoms with Gasteiger partial charge in [0.25, 0.3) is 5.91 Å². The average Bonchev–Trinajstić information content (AvgIpc) is 3.69. The van der Waals surface area contributed by atoms with Gasteiger partial charge >= 0.3 is 0 Å². The van der Waals surface area contributed by atoms with Crippen LogP contribution in [0.3, 0.4) is 0 Å². The summed E-state index contributed by atoms with van der Waals surface area (Å²) in [4.78, 5) is 31.5. The van der Waals surface area contributed by atoms with E-state index in [0.29, 0.717) is 23.7 Å². The fraction of sp³-hybridized carbons (Fsp3) is 0.276. The van der Waals surface area contributed by atoms with E-state index in [0.717, 1.165) is 33.7 Å². The van der Waals surface area contributed by atoms with Gasteiger partial charge in [-0.05, 0) is 68.2 Å². The van der Waals surface area contributed by atoms with Gasteiger partial charge in [-0.2, -0.15) is 4.98 Å². The van der Waals surface area contributed by atoms with Crippen LogP contribution in [-0.4, -0.2) is 51.4 Å². The number of nitrogens with zero attached hydrogens (tertiary/aromatic N) is 3. The highest BCUT2D eigenvalue weighted by molar-refractivity contribution is 7.17. The molecule has 11 heteroatoms. The van der Waals surface area contributed by atoms with Crippen LogP contribution in [-0.2, 0) is 12.1 Å². The number of H-pyrrole nitrogens is 2. The third-order valence-electron chi connectivity index (χ3n) is 7.20. The Morgan fingerprint density at radius 1 is 1.18 bits per heavy atom. The summed E-state index contributed by atoms with van der Waals surface area (Å²) in [5.41, 5.74) is 6.78. The quantitative estimate of drug-likeness (QED) is 0.150. The predicted molar refractivity (Wildman–Crippen MR) is 161 cm³/mol. The normalized spacial score (nSPS) is 14.9. The highest BCUT2D eigenvalue weighted by atomic mass is 35.5. The molecule has 1 aliphatic rings. The van der Waals surface area contributed by atoms with E-state index in [4.69, 9.17) is 11.6 Å². The number of aromatic amines is 2. The van der Waals surface area contributed by atoms with Gasteiger partial charge < -0.3 is 30.8 Å². The number of likely N-dealkylation sites (N-methyl/N-ethyl adjacent to an activating group) is 1. The maximum absolute atomic E-state index is 13.7. The van der Waals surface area contributed by atoms with Gasteiger partial charge in [0.15, 0.2) is 5.82 Å². The van der Waals surface area contributed by atoms with E-state index in [1.807, 2.05) is 68.1 Å². The standard InChI is InChI=1S/C29H31ClN8OS/c1-29(2)22-17(14-32-29)13-31-24(22)23-19(34-26-25-18(10-11-40-25)36-28(30)37-26)12-20(33-23)27(39)35-21(15-38(3)4)16-8-6-5-7-9-16/h5-13,21,31-33H,14-15H2,1-4H3,(H,35,39)(H,34,36,37)/t21-/m1/s1. The van der Waals surface area contributed by atoms with Crippen molar-refractivity contribution in [3.63, 3.8) is 0 Å². The number of aromatic nitrogens is 4. The van der Waals surface area contributed by atoms with Gasteiger partial charge in [0, 0.05) is 30.4 Å². The molecule has 0 spiro atoms. The van der Waals surface area contributed by atoms with Crippen molar-refractivity contribution >= 4 is 50.6 Å². The summed E-state index contributed by atoms with van der Waals surface area (Å²) in [6.45, 7) is 5.75. The number of anilines is 2. The van der Waals surface area contributed by atoms with Crippen LogP contribution in [0.25, 0.3) is 21.6 Å². The van der Waals surface area contributed by atoms with Crippen LogP contribution in [0.5, 0.6) is 0 Å². The lowest BCUT2D eigenvalue weighted by atomic mass is 9.94. The largest absolute Gasteiger partial charge is 0.359 e. The van der Waals surface area contributed by atoms with Crippen LogP contribution in [0, 0.1) is 0 Å². The van der Waals surface area contributed by atoms with Crippen LogP contribution in [0.15, 0.2) is 54.0 Å². The Morgan fingerprint density at radius 2 is 1.98 bits per heavy atom. The summed E-state index contributed by atoms with van der Waals surface area (Å²) < 4.78 is 0.886. The molecule has 5 heterocycles. The number of hydrogen-bond donors (Lipinski definition) is 5. The average molecular weight is 575 g/mol. The minimum atomic E-state index is -0.237. The number of carbonyl (C=O) groups excluding carboxylic acids is 1. The van der Waals surface area contributed by atoms with E-state index >= 15 is 0 Å². The van der Waals surface area contributed by atoms with Crippen molar-refractivity contribution in [1.29, 1.82) is 0 Å². The van der Waals surface area contributed by atoms with Gasteiger partial charge in [-0.25, -0.2) is 4.98 Å². The summed E-state index contributed by atoms with van der Waals surface area (Å²) in [5, 5.41) is 12.4. The van der Waals surface area contributed by atoms with Crippen LogP contribution in [0.1, 0.15) is 47.1 Å². The van der Waals surface area contributed by atoms with Crippen molar-refractivity contribution in [3.8, 4) is 11.4 Å². The Bertz CT molecular complexity index is 1690. The highest BCUT2D eigenvalue weighted by Gasteiger charge is 2.35. The third kappa shape index (κ3) is 4.99. The van der Waals surface area contributed by atoms with Gasteiger partial charge in [-0.15, -0.1) is 11.3 Å². The van der Waals surface area contributed by atoms with Crippen molar-refractivity contribution in [3.05, 3.63) is 81.7 Å². The SMILES string of the molecule is CN(C)C[C@@H](NC(=O)c1cc(Nc2nc(Cl)nc3ccsc23)c(-c2[nH]cc3c2C(C)(C)NC3)[nH]1)c1ccccc1. The molecule has 0 radical (unpaired) electrons. The first-order valence-electron chi connectivity index (χ1n) is 13.1. The summed E-state index contributed by atoms with van der Waals surface area (Å²) in [6.07, 6.45) is 2.03. The fourth-order valence-electron chi connectivity index (χ4n) is 5.36. The molecule has 1 amide bonds. The summed E-state index contributed by atoms with van der Waals surface area (Å²) in [7, 11) is 3.99. The zero-order chi connectivity index (χ0) is 28.0. The number of hydrogen-bond acceptors (Lipinski definition) is 7. The molecule has 206 valence electrons. The fourth-order valence-corrected chi connectivity index (χ4v) is 6.31. The zero-order valence-electron chi connectivity index (χ0n) is 22.7. The summed E-state index contributed by atoms with van der Waals surface area (Å²) in [6, 6.07) is 13.6. The molecule has 1 aliphatic heterocycles. The van der Waals surface area contributed by atoms with E-state index in [1.165, 1.54) is 22.5 Å². The molecule has 0 saturated heterocycles. The van der Waals surface area contributed by atoms with Crippen LogP contribution < -0.4 is 16.0 Å². The molecule has 9 nitrogen and oxygen atoms in total. The molecule has 4 aromatic heterocycles. The van der Waals surface area contributed by atoms with Crippen molar-refractivity contribution in [1.82, 2.24) is 35.5 Å². The maximum atomic E-state index is 13.7. The van der Waals surface area contributed by atoms with Crippen LogP contribution >= 0.6 is 22.9 Å². The Morgan fingerprint density at radius 3 is 2.75 bits per heavy atom. The van der Waals surface area contributed by atoms with Crippen molar-refractivity contribution in [2.45, 2.75) is 32.0 Å².